The highest BCUT2D eigenvalue weighted by molar-refractivity contribution is 7.99. The van der Waals surface area contributed by atoms with Gasteiger partial charge in [0.25, 0.3) is 0 Å². The minimum Gasteiger partial charge on any atom is -0.384 e. The highest BCUT2D eigenvalue weighted by atomic mass is 32.2. The van der Waals surface area contributed by atoms with Crippen LogP contribution in [-0.4, -0.2) is 28.4 Å². The zero-order valence-corrected chi connectivity index (χ0v) is 15.8. The molecule has 0 saturated heterocycles. The van der Waals surface area contributed by atoms with Crippen LogP contribution in [-0.2, 0) is 14.6 Å². The molecule has 0 bridgehead atoms. The second-order valence-electron chi connectivity index (χ2n) is 5.94. The zero-order valence-electron chi connectivity index (χ0n) is 14.2. The molecule has 0 saturated carbocycles. The fraction of sp³-hybridized carbons (Fsp3) is 0.176. The van der Waals surface area contributed by atoms with E-state index in [2.05, 4.69) is 19.9 Å². The van der Waals surface area contributed by atoms with Crippen molar-refractivity contribution in [3.05, 3.63) is 60.8 Å². The molecule has 0 radical (unpaired) electrons. The summed E-state index contributed by atoms with van der Waals surface area (Å²) in [6.45, 7) is 3.24. The van der Waals surface area contributed by atoms with Gasteiger partial charge >= 0.3 is 0 Å². The molecule has 3 rings (SSSR count). The maximum atomic E-state index is 13.1. The Morgan fingerprint density at radius 1 is 1.00 bits per heavy atom. The summed E-state index contributed by atoms with van der Waals surface area (Å²) in [6.07, 6.45) is 6.04. The zero-order chi connectivity index (χ0) is 18.8. The van der Waals surface area contributed by atoms with Gasteiger partial charge in [0.2, 0.25) is 0 Å². The van der Waals surface area contributed by atoms with E-state index < -0.39 is 14.6 Å². The van der Waals surface area contributed by atoms with Crippen molar-refractivity contribution in [1.29, 1.82) is 0 Å². The summed E-state index contributed by atoms with van der Waals surface area (Å²) in [4.78, 5) is 17.4. The Hall–Kier alpha value is -2.52. The van der Waals surface area contributed by atoms with Crippen LogP contribution in [0.1, 0.15) is 19.5 Å². The van der Waals surface area contributed by atoms with Crippen molar-refractivity contribution in [3.63, 3.8) is 0 Å². The number of aromatic nitrogens is 4. The van der Waals surface area contributed by atoms with Gasteiger partial charge in [-0.1, -0.05) is 0 Å². The average molecular weight is 387 g/mol. The monoisotopic (exact) mass is 387 g/mol. The first-order valence-electron chi connectivity index (χ1n) is 7.68. The fourth-order valence-corrected chi connectivity index (χ4v) is 4.45. The lowest BCUT2D eigenvalue weighted by molar-refractivity contribution is 0.549. The van der Waals surface area contributed by atoms with Gasteiger partial charge < -0.3 is 5.73 Å². The van der Waals surface area contributed by atoms with Gasteiger partial charge in [0.05, 0.1) is 10.6 Å². The fourth-order valence-electron chi connectivity index (χ4n) is 2.24. The molecule has 0 unspecified atom stereocenters. The van der Waals surface area contributed by atoms with Gasteiger partial charge in [-0.15, -0.1) is 0 Å². The predicted molar refractivity (Wildman–Crippen MR) is 99.3 cm³/mol. The number of nitrogens with two attached hydrogens (primary N) is 1. The molecule has 1 aromatic carbocycles. The standard InChI is InChI=1S/C17H17N5O2S2/c1-17(2,14-11-19-9-10-20-14)26(23,24)13-5-3-12(4-6-13)25-16-21-8-7-15(18)22-16/h3-11H,1-2H3,(H2,18,21,22). The summed E-state index contributed by atoms with van der Waals surface area (Å²) >= 11 is 1.31. The minimum absolute atomic E-state index is 0.214. The molecule has 26 heavy (non-hydrogen) atoms. The quantitative estimate of drug-likeness (QED) is 0.665. The molecule has 0 fully saturated rings. The van der Waals surface area contributed by atoms with Crippen LogP contribution < -0.4 is 5.73 Å². The maximum absolute atomic E-state index is 13.1. The van der Waals surface area contributed by atoms with Crippen LogP contribution in [0.3, 0.4) is 0 Å². The summed E-state index contributed by atoms with van der Waals surface area (Å²) in [7, 11) is -3.65. The second kappa shape index (κ2) is 7.00. The summed E-state index contributed by atoms with van der Waals surface area (Å²) in [6, 6.07) is 8.19. The second-order valence-corrected chi connectivity index (χ2v) is 9.48. The third-order valence-electron chi connectivity index (χ3n) is 3.85. The lowest BCUT2D eigenvalue weighted by Crippen LogP contribution is -2.30. The molecule has 0 spiro atoms. The number of nitrogen functional groups attached to an aromatic ring is 1. The van der Waals surface area contributed by atoms with Crippen molar-refractivity contribution < 1.29 is 8.42 Å². The van der Waals surface area contributed by atoms with Crippen LogP contribution in [0.4, 0.5) is 5.82 Å². The Morgan fingerprint density at radius 3 is 2.35 bits per heavy atom. The van der Waals surface area contributed by atoms with Crippen LogP contribution in [0.25, 0.3) is 0 Å². The third-order valence-corrected chi connectivity index (χ3v) is 7.18. The number of benzene rings is 1. The molecule has 0 amide bonds. The van der Waals surface area contributed by atoms with Gasteiger partial charge in [-0.25, -0.2) is 18.4 Å². The number of anilines is 1. The van der Waals surface area contributed by atoms with E-state index in [-0.39, 0.29) is 4.90 Å². The third kappa shape index (κ3) is 3.54. The first-order valence-corrected chi connectivity index (χ1v) is 9.98. The first-order chi connectivity index (χ1) is 12.3. The molecule has 3 aromatic rings. The Kier molecular flexibility index (Phi) is 4.92. The number of hydrogen-bond donors (Lipinski definition) is 1. The molecular weight excluding hydrogens is 370 g/mol. The van der Waals surface area contributed by atoms with Crippen molar-refractivity contribution in [2.24, 2.45) is 0 Å². The molecule has 2 heterocycles. The molecule has 9 heteroatoms. The molecule has 7 nitrogen and oxygen atoms in total. The largest absolute Gasteiger partial charge is 0.384 e. The van der Waals surface area contributed by atoms with Gasteiger partial charge in [0, 0.05) is 29.7 Å². The van der Waals surface area contributed by atoms with E-state index in [1.165, 1.54) is 30.4 Å². The molecule has 134 valence electrons. The van der Waals surface area contributed by atoms with Crippen molar-refractivity contribution in [2.45, 2.75) is 33.5 Å². The van der Waals surface area contributed by atoms with Gasteiger partial charge in [-0.05, 0) is 55.9 Å². The van der Waals surface area contributed by atoms with E-state index >= 15 is 0 Å². The Labute approximate surface area is 156 Å². The van der Waals surface area contributed by atoms with E-state index in [1.54, 1.807) is 50.4 Å². The van der Waals surface area contributed by atoms with Crippen LogP contribution in [0, 0.1) is 0 Å². The maximum Gasteiger partial charge on any atom is 0.194 e. The summed E-state index contributed by atoms with van der Waals surface area (Å²) in [5.74, 6) is 0.382. The first kappa shape index (κ1) is 18.3. The van der Waals surface area contributed by atoms with Crippen LogP contribution >= 0.6 is 11.8 Å². The Morgan fingerprint density at radius 2 is 1.73 bits per heavy atom. The number of sulfone groups is 1. The van der Waals surface area contributed by atoms with Gasteiger partial charge in [-0.2, -0.15) is 0 Å². The van der Waals surface area contributed by atoms with Crippen molar-refractivity contribution >= 4 is 27.4 Å². The lowest BCUT2D eigenvalue weighted by Gasteiger charge is -2.24. The topological polar surface area (TPSA) is 112 Å². The van der Waals surface area contributed by atoms with E-state index in [4.69, 9.17) is 5.73 Å². The molecule has 2 aromatic heterocycles. The minimum atomic E-state index is -3.65. The number of nitrogens with zero attached hydrogens (tertiary/aromatic N) is 4. The smallest absolute Gasteiger partial charge is 0.194 e. The number of rotatable bonds is 5. The van der Waals surface area contributed by atoms with E-state index in [0.29, 0.717) is 16.7 Å². The Balaban J connectivity index is 1.87. The summed E-state index contributed by atoms with van der Waals surface area (Å²) in [5, 5.41) is 0.500. The SMILES string of the molecule is CC(C)(c1cnccn1)S(=O)(=O)c1ccc(Sc2nccc(N)n2)cc1. The average Bonchev–Trinajstić information content (AvgIpc) is 2.63. The molecule has 0 aliphatic carbocycles. The summed E-state index contributed by atoms with van der Waals surface area (Å²) < 4.78 is 24.9. The number of hydrogen-bond acceptors (Lipinski definition) is 8. The molecule has 0 aliphatic heterocycles. The molecule has 0 aliphatic rings. The lowest BCUT2D eigenvalue weighted by atomic mass is 10.1. The normalized spacial score (nSPS) is 12.1. The highest BCUT2D eigenvalue weighted by Gasteiger charge is 2.38. The van der Waals surface area contributed by atoms with Crippen molar-refractivity contribution in [3.8, 4) is 0 Å². The highest BCUT2D eigenvalue weighted by Crippen LogP contribution is 2.34. The van der Waals surface area contributed by atoms with Gasteiger partial charge in [-0.3, -0.25) is 9.97 Å². The van der Waals surface area contributed by atoms with E-state index in [9.17, 15) is 8.42 Å². The Bertz CT molecular complexity index is 1010. The molecular formula is C17H17N5O2S2. The van der Waals surface area contributed by atoms with E-state index in [0.717, 1.165) is 4.90 Å². The predicted octanol–water partition coefficient (Wildman–Crippen LogP) is 2.71. The molecule has 0 atom stereocenters. The molecule has 2 N–H and O–H groups in total. The van der Waals surface area contributed by atoms with Crippen molar-refractivity contribution in [2.75, 3.05) is 5.73 Å². The van der Waals surface area contributed by atoms with Crippen molar-refractivity contribution in [1.82, 2.24) is 19.9 Å². The van der Waals surface area contributed by atoms with Gasteiger partial charge in [0.1, 0.15) is 10.6 Å². The van der Waals surface area contributed by atoms with Crippen LogP contribution in [0.5, 0.6) is 0 Å². The van der Waals surface area contributed by atoms with E-state index in [1.807, 2.05) is 0 Å². The van der Waals surface area contributed by atoms with Crippen LogP contribution in [0.2, 0.25) is 0 Å². The van der Waals surface area contributed by atoms with Gasteiger partial charge in [0.15, 0.2) is 15.0 Å². The summed E-state index contributed by atoms with van der Waals surface area (Å²) in [5.41, 5.74) is 6.04. The van der Waals surface area contributed by atoms with Crippen LogP contribution in [0.15, 0.2) is 70.1 Å².